The van der Waals surface area contributed by atoms with E-state index in [1.807, 2.05) is 0 Å². The summed E-state index contributed by atoms with van der Waals surface area (Å²) in [5.41, 5.74) is 2.76. The van der Waals surface area contributed by atoms with Crippen LogP contribution in [0.1, 0.15) is 44.7 Å². The minimum absolute atomic E-state index is 0.563. The largest absolute Gasteiger partial charge is 0.311 e. The average molecular weight is 219 g/mol. The van der Waals surface area contributed by atoms with E-state index in [0.29, 0.717) is 12.1 Å². The van der Waals surface area contributed by atoms with Gasteiger partial charge in [0.15, 0.2) is 0 Å². The Morgan fingerprint density at radius 3 is 2.12 bits per heavy atom. The van der Waals surface area contributed by atoms with Gasteiger partial charge in [0, 0.05) is 12.1 Å². The molecule has 1 N–H and O–H groups in total. The fraction of sp³-hybridized carbons (Fsp3) is 0.600. The summed E-state index contributed by atoms with van der Waals surface area (Å²) in [7, 11) is 0. The summed E-state index contributed by atoms with van der Waals surface area (Å²) in [4.78, 5) is 0. The molecule has 0 saturated carbocycles. The highest BCUT2D eigenvalue weighted by molar-refractivity contribution is 5.21. The second-order valence-corrected chi connectivity index (χ2v) is 4.77. The van der Waals surface area contributed by atoms with Gasteiger partial charge in [0.2, 0.25) is 0 Å². The molecule has 90 valence electrons. The van der Waals surface area contributed by atoms with Crippen LogP contribution >= 0.6 is 0 Å². The summed E-state index contributed by atoms with van der Waals surface area (Å²) >= 11 is 0. The molecule has 1 aromatic rings. The molecule has 1 rings (SSSR count). The van der Waals surface area contributed by atoms with Crippen molar-refractivity contribution in [3.05, 3.63) is 35.4 Å². The van der Waals surface area contributed by atoms with E-state index in [-0.39, 0.29) is 0 Å². The van der Waals surface area contributed by atoms with Crippen molar-refractivity contribution in [3.63, 3.8) is 0 Å². The lowest BCUT2D eigenvalue weighted by Crippen LogP contribution is -2.36. The molecule has 1 heteroatoms. The molecule has 0 heterocycles. The highest BCUT2D eigenvalue weighted by atomic mass is 14.9. The Hall–Kier alpha value is -0.820. The number of rotatable bonds is 6. The zero-order valence-electron chi connectivity index (χ0n) is 11.1. The maximum Gasteiger partial charge on any atom is 0.00817 e. The third-order valence-corrected chi connectivity index (χ3v) is 3.17. The van der Waals surface area contributed by atoms with Crippen LogP contribution in [0.5, 0.6) is 0 Å². The molecule has 0 radical (unpaired) electrons. The molecular formula is C15H25N. The van der Waals surface area contributed by atoms with Crippen molar-refractivity contribution >= 4 is 0 Å². The van der Waals surface area contributed by atoms with Crippen molar-refractivity contribution in [1.29, 1.82) is 0 Å². The van der Waals surface area contributed by atoms with Gasteiger partial charge in [-0.2, -0.15) is 0 Å². The van der Waals surface area contributed by atoms with Crippen molar-refractivity contribution in [2.24, 2.45) is 0 Å². The van der Waals surface area contributed by atoms with Gasteiger partial charge in [-0.15, -0.1) is 0 Å². The minimum Gasteiger partial charge on any atom is -0.311 e. The lowest BCUT2D eigenvalue weighted by Gasteiger charge is -2.21. The molecule has 0 aliphatic heterocycles. The van der Waals surface area contributed by atoms with Crippen molar-refractivity contribution in [3.8, 4) is 0 Å². The van der Waals surface area contributed by atoms with Crippen LogP contribution in [0.15, 0.2) is 24.3 Å². The fourth-order valence-electron chi connectivity index (χ4n) is 2.06. The van der Waals surface area contributed by atoms with Crippen LogP contribution < -0.4 is 5.32 Å². The molecule has 0 aliphatic carbocycles. The quantitative estimate of drug-likeness (QED) is 0.769. The smallest absolute Gasteiger partial charge is 0.00817 e. The Labute approximate surface area is 100 Å². The first-order valence-electron chi connectivity index (χ1n) is 6.47. The maximum absolute atomic E-state index is 3.68. The third kappa shape index (κ3) is 4.36. The summed E-state index contributed by atoms with van der Waals surface area (Å²) < 4.78 is 0. The number of nitrogens with one attached hydrogen (secondary N) is 1. The molecule has 16 heavy (non-hydrogen) atoms. The van der Waals surface area contributed by atoms with E-state index in [1.165, 1.54) is 24.0 Å². The van der Waals surface area contributed by atoms with Crippen LogP contribution in [0.4, 0.5) is 0 Å². The van der Waals surface area contributed by atoms with Crippen molar-refractivity contribution < 1.29 is 0 Å². The highest BCUT2D eigenvalue weighted by Gasteiger charge is 2.08. The van der Waals surface area contributed by atoms with Crippen LogP contribution in [0.3, 0.4) is 0 Å². The zero-order chi connectivity index (χ0) is 12.0. The second-order valence-electron chi connectivity index (χ2n) is 4.77. The van der Waals surface area contributed by atoms with Gasteiger partial charge >= 0.3 is 0 Å². The van der Waals surface area contributed by atoms with Crippen molar-refractivity contribution in [2.45, 2.75) is 59.0 Å². The summed E-state index contributed by atoms with van der Waals surface area (Å²) in [5, 5.41) is 3.68. The minimum atomic E-state index is 0.563. The standard InChI is InChI=1S/C15H25N/c1-5-15(6-2)16-13(4)11-14-9-7-12(3)8-10-14/h7-10,13,15-16H,5-6,11H2,1-4H3. The Kier molecular flexibility index (Phi) is 5.54. The fourth-order valence-corrected chi connectivity index (χ4v) is 2.06. The lowest BCUT2D eigenvalue weighted by molar-refractivity contribution is 0.422. The van der Waals surface area contributed by atoms with Crippen LogP contribution in [0.25, 0.3) is 0 Å². The summed E-state index contributed by atoms with van der Waals surface area (Å²) in [5.74, 6) is 0. The van der Waals surface area contributed by atoms with Gasteiger partial charge in [-0.25, -0.2) is 0 Å². The molecule has 0 bridgehead atoms. The van der Waals surface area contributed by atoms with E-state index < -0.39 is 0 Å². The SMILES string of the molecule is CCC(CC)NC(C)Cc1ccc(C)cc1. The Morgan fingerprint density at radius 1 is 1.06 bits per heavy atom. The van der Waals surface area contributed by atoms with Gasteiger partial charge in [0.05, 0.1) is 0 Å². The molecule has 1 aromatic carbocycles. The van der Waals surface area contributed by atoms with Gasteiger partial charge in [-0.05, 0) is 38.7 Å². The second kappa shape index (κ2) is 6.70. The third-order valence-electron chi connectivity index (χ3n) is 3.17. The summed E-state index contributed by atoms with van der Waals surface area (Å²) in [6, 6.07) is 10.1. The molecule has 1 unspecified atom stereocenters. The van der Waals surface area contributed by atoms with Crippen LogP contribution in [0, 0.1) is 6.92 Å². The topological polar surface area (TPSA) is 12.0 Å². The molecule has 1 nitrogen and oxygen atoms in total. The normalized spacial score (nSPS) is 13.1. The van der Waals surface area contributed by atoms with Gasteiger partial charge < -0.3 is 5.32 Å². The first-order chi connectivity index (χ1) is 7.65. The lowest BCUT2D eigenvalue weighted by atomic mass is 10.0. The number of hydrogen-bond donors (Lipinski definition) is 1. The van der Waals surface area contributed by atoms with E-state index in [0.717, 1.165) is 6.42 Å². The van der Waals surface area contributed by atoms with Gasteiger partial charge in [-0.3, -0.25) is 0 Å². The van der Waals surface area contributed by atoms with Crippen LogP contribution in [-0.4, -0.2) is 12.1 Å². The molecule has 0 aliphatic rings. The first-order valence-corrected chi connectivity index (χ1v) is 6.47. The van der Waals surface area contributed by atoms with Crippen LogP contribution in [-0.2, 0) is 6.42 Å². The molecule has 0 amide bonds. The first kappa shape index (κ1) is 13.2. The molecule has 0 aromatic heterocycles. The van der Waals surface area contributed by atoms with E-state index in [1.54, 1.807) is 0 Å². The van der Waals surface area contributed by atoms with Gasteiger partial charge in [0.25, 0.3) is 0 Å². The Morgan fingerprint density at radius 2 is 1.62 bits per heavy atom. The average Bonchev–Trinajstić information content (AvgIpc) is 2.29. The van der Waals surface area contributed by atoms with Crippen LogP contribution in [0.2, 0.25) is 0 Å². The van der Waals surface area contributed by atoms with Gasteiger partial charge in [-0.1, -0.05) is 43.7 Å². The van der Waals surface area contributed by atoms with E-state index in [9.17, 15) is 0 Å². The van der Waals surface area contributed by atoms with Gasteiger partial charge in [0.1, 0.15) is 0 Å². The molecule has 0 saturated heterocycles. The molecule has 0 fully saturated rings. The molecule has 0 spiro atoms. The van der Waals surface area contributed by atoms with E-state index in [2.05, 4.69) is 57.3 Å². The van der Waals surface area contributed by atoms with Crippen molar-refractivity contribution in [1.82, 2.24) is 5.32 Å². The van der Waals surface area contributed by atoms with E-state index >= 15 is 0 Å². The Bertz CT molecular complexity index is 285. The predicted octanol–water partition coefficient (Wildman–Crippen LogP) is 3.70. The molecule has 1 atom stereocenters. The number of aryl methyl sites for hydroxylation is 1. The summed E-state index contributed by atoms with van der Waals surface area (Å²) in [6.45, 7) is 8.91. The number of hydrogen-bond acceptors (Lipinski definition) is 1. The summed E-state index contributed by atoms with van der Waals surface area (Å²) in [6.07, 6.45) is 3.56. The number of benzene rings is 1. The Balaban J connectivity index is 2.44. The van der Waals surface area contributed by atoms with Crippen molar-refractivity contribution in [2.75, 3.05) is 0 Å². The molecular weight excluding hydrogens is 194 g/mol. The predicted molar refractivity (Wildman–Crippen MR) is 71.9 cm³/mol. The highest BCUT2D eigenvalue weighted by Crippen LogP contribution is 2.07. The zero-order valence-corrected chi connectivity index (χ0v) is 11.1. The maximum atomic E-state index is 3.68. The van der Waals surface area contributed by atoms with E-state index in [4.69, 9.17) is 0 Å². The monoisotopic (exact) mass is 219 g/mol.